The number of carbonyl (C=O) groups is 3. The summed E-state index contributed by atoms with van der Waals surface area (Å²) < 4.78 is 6.06. The van der Waals surface area contributed by atoms with E-state index in [9.17, 15) is 14.4 Å². The van der Waals surface area contributed by atoms with Crippen molar-refractivity contribution >= 4 is 71.8 Å². The SMILES string of the molecule is COC(=O)c1cccc(NC(=O)Cc2csc(NC(=O)c3cc(Br)c(Br)[nH]3)n2)c1. The molecule has 8 nitrogen and oxygen atoms in total. The number of carbonyl (C=O) groups excluding carboxylic acids is 3. The zero-order valence-electron chi connectivity index (χ0n) is 14.9. The molecule has 0 spiro atoms. The Morgan fingerprint density at radius 3 is 2.69 bits per heavy atom. The molecule has 0 bridgehead atoms. The average molecular weight is 542 g/mol. The van der Waals surface area contributed by atoms with Gasteiger partial charge in [0.15, 0.2) is 5.13 Å². The van der Waals surface area contributed by atoms with E-state index in [0.717, 1.165) is 4.47 Å². The quantitative estimate of drug-likeness (QED) is 0.404. The van der Waals surface area contributed by atoms with Crippen LogP contribution in [0.25, 0.3) is 0 Å². The summed E-state index contributed by atoms with van der Waals surface area (Å²) in [4.78, 5) is 43.2. The van der Waals surface area contributed by atoms with E-state index in [0.29, 0.717) is 32.4 Å². The normalized spacial score (nSPS) is 10.4. The molecule has 2 amide bonds. The Balaban J connectivity index is 1.59. The van der Waals surface area contributed by atoms with Crippen molar-refractivity contribution in [2.24, 2.45) is 0 Å². The van der Waals surface area contributed by atoms with Crippen molar-refractivity contribution in [2.75, 3.05) is 17.7 Å². The lowest BCUT2D eigenvalue weighted by Gasteiger charge is -2.06. The first-order chi connectivity index (χ1) is 13.9. The zero-order chi connectivity index (χ0) is 21.0. The number of H-pyrrole nitrogens is 1. The first-order valence-electron chi connectivity index (χ1n) is 8.13. The zero-order valence-corrected chi connectivity index (χ0v) is 18.9. The summed E-state index contributed by atoms with van der Waals surface area (Å²) >= 11 is 7.80. The fourth-order valence-electron chi connectivity index (χ4n) is 2.35. The van der Waals surface area contributed by atoms with Gasteiger partial charge in [0.2, 0.25) is 5.91 Å². The number of nitrogens with zero attached hydrogens (tertiary/aromatic N) is 1. The first-order valence-corrected chi connectivity index (χ1v) is 10.6. The van der Waals surface area contributed by atoms with Crippen LogP contribution in [0.2, 0.25) is 0 Å². The minimum absolute atomic E-state index is 0.0222. The molecule has 0 aliphatic rings. The molecule has 150 valence electrons. The van der Waals surface area contributed by atoms with E-state index in [4.69, 9.17) is 0 Å². The van der Waals surface area contributed by atoms with Gasteiger partial charge in [-0.2, -0.15) is 0 Å². The molecule has 0 saturated heterocycles. The van der Waals surface area contributed by atoms with Gasteiger partial charge < -0.3 is 15.0 Å². The molecule has 0 aliphatic heterocycles. The van der Waals surface area contributed by atoms with Gasteiger partial charge in [0, 0.05) is 11.1 Å². The number of hydrogen-bond donors (Lipinski definition) is 3. The summed E-state index contributed by atoms with van der Waals surface area (Å²) in [6, 6.07) is 8.09. The number of esters is 1. The third-order valence-corrected chi connectivity index (χ3v) is 6.24. The van der Waals surface area contributed by atoms with Gasteiger partial charge in [-0.25, -0.2) is 9.78 Å². The molecule has 3 rings (SSSR count). The van der Waals surface area contributed by atoms with Gasteiger partial charge in [-0.1, -0.05) is 6.07 Å². The maximum absolute atomic E-state index is 12.3. The number of thiazole rings is 1. The van der Waals surface area contributed by atoms with Gasteiger partial charge in [-0.05, 0) is 56.1 Å². The van der Waals surface area contributed by atoms with Crippen LogP contribution in [-0.2, 0) is 16.0 Å². The number of benzene rings is 1. The molecule has 0 saturated carbocycles. The highest BCUT2D eigenvalue weighted by molar-refractivity contribution is 9.13. The summed E-state index contributed by atoms with van der Waals surface area (Å²) in [7, 11) is 1.29. The smallest absolute Gasteiger partial charge is 0.337 e. The number of nitrogens with one attached hydrogen (secondary N) is 3. The van der Waals surface area contributed by atoms with Crippen molar-refractivity contribution in [1.29, 1.82) is 0 Å². The number of aromatic nitrogens is 2. The number of ether oxygens (including phenoxy) is 1. The molecule has 3 N–H and O–H groups in total. The molecule has 0 unspecified atom stereocenters. The molecular formula is C18H14Br2N4O4S. The van der Waals surface area contributed by atoms with Crippen molar-refractivity contribution < 1.29 is 19.1 Å². The summed E-state index contributed by atoms with van der Waals surface area (Å²) in [6.45, 7) is 0. The van der Waals surface area contributed by atoms with Crippen molar-refractivity contribution in [3.05, 3.63) is 61.7 Å². The van der Waals surface area contributed by atoms with Crippen LogP contribution < -0.4 is 10.6 Å². The Morgan fingerprint density at radius 1 is 1.21 bits per heavy atom. The Bertz CT molecular complexity index is 1060. The highest BCUT2D eigenvalue weighted by Crippen LogP contribution is 2.24. The predicted molar refractivity (Wildman–Crippen MR) is 116 cm³/mol. The summed E-state index contributed by atoms with van der Waals surface area (Å²) in [5.41, 5.74) is 1.70. The van der Waals surface area contributed by atoms with Crippen LogP contribution in [-0.4, -0.2) is 34.9 Å². The molecule has 0 radical (unpaired) electrons. The van der Waals surface area contributed by atoms with E-state index in [2.05, 4.69) is 57.2 Å². The predicted octanol–water partition coefficient (Wildman–Crippen LogP) is 4.22. The number of hydrogen-bond acceptors (Lipinski definition) is 6. The van der Waals surface area contributed by atoms with Gasteiger partial charge in [0.05, 0.1) is 33.9 Å². The number of halogens is 2. The summed E-state index contributed by atoms with van der Waals surface area (Å²) in [6.07, 6.45) is 0.0222. The van der Waals surface area contributed by atoms with E-state index < -0.39 is 5.97 Å². The maximum atomic E-state index is 12.3. The van der Waals surface area contributed by atoms with Crippen LogP contribution >= 0.6 is 43.2 Å². The van der Waals surface area contributed by atoms with E-state index in [-0.39, 0.29) is 18.2 Å². The molecule has 2 heterocycles. The number of rotatable bonds is 6. The topological polar surface area (TPSA) is 113 Å². The molecule has 2 aromatic heterocycles. The van der Waals surface area contributed by atoms with Crippen molar-refractivity contribution in [3.63, 3.8) is 0 Å². The Kier molecular flexibility index (Phi) is 6.83. The minimum Gasteiger partial charge on any atom is -0.465 e. The molecule has 0 atom stereocenters. The van der Waals surface area contributed by atoms with Crippen LogP contribution in [0.3, 0.4) is 0 Å². The van der Waals surface area contributed by atoms with Gasteiger partial charge in [0.1, 0.15) is 5.69 Å². The second-order valence-electron chi connectivity index (χ2n) is 5.74. The highest BCUT2D eigenvalue weighted by atomic mass is 79.9. The lowest BCUT2D eigenvalue weighted by Crippen LogP contribution is -2.15. The van der Waals surface area contributed by atoms with Crippen molar-refractivity contribution in [2.45, 2.75) is 6.42 Å². The number of amides is 2. The van der Waals surface area contributed by atoms with Crippen molar-refractivity contribution in [3.8, 4) is 0 Å². The van der Waals surface area contributed by atoms with E-state index in [1.807, 2.05) is 0 Å². The van der Waals surface area contributed by atoms with Crippen LogP contribution in [0.1, 0.15) is 26.5 Å². The second kappa shape index (κ2) is 9.33. The standard InChI is InChI=1S/C18H14Br2N4O4S/c1-28-17(27)9-3-2-4-10(5-9)21-14(25)6-11-8-29-18(22-11)24-16(26)13-7-12(19)15(20)23-13/h2-5,7-8,23H,6H2,1H3,(H,21,25)(H,22,24,26). The van der Waals surface area contributed by atoms with E-state index in [1.54, 1.807) is 29.6 Å². The van der Waals surface area contributed by atoms with Crippen LogP contribution in [0.5, 0.6) is 0 Å². The monoisotopic (exact) mass is 540 g/mol. The molecule has 3 aromatic rings. The fourth-order valence-corrected chi connectivity index (χ4v) is 3.71. The van der Waals surface area contributed by atoms with Crippen LogP contribution in [0.4, 0.5) is 10.8 Å². The first kappa shape index (κ1) is 21.2. The maximum Gasteiger partial charge on any atom is 0.337 e. The molecule has 29 heavy (non-hydrogen) atoms. The number of aromatic amines is 1. The molecule has 0 aliphatic carbocycles. The Labute approximate surface area is 186 Å². The second-order valence-corrected chi connectivity index (χ2v) is 8.25. The molecule has 11 heteroatoms. The van der Waals surface area contributed by atoms with Gasteiger partial charge >= 0.3 is 5.97 Å². The largest absolute Gasteiger partial charge is 0.465 e. The number of anilines is 2. The highest BCUT2D eigenvalue weighted by Gasteiger charge is 2.14. The Hall–Kier alpha value is -2.50. The molecule has 1 aromatic carbocycles. The third-order valence-electron chi connectivity index (χ3n) is 3.65. The van der Waals surface area contributed by atoms with Gasteiger partial charge in [0.25, 0.3) is 5.91 Å². The number of methoxy groups -OCH3 is 1. The lowest BCUT2D eigenvalue weighted by atomic mass is 10.2. The summed E-state index contributed by atoms with van der Waals surface area (Å²) in [5.74, 6) is -1.13. The minimum atomic E-state index is -0.484. The van der Waals surface area contributed by atoms with Gasteiger partial charge in [-0.3, -0.25) is 14.9 Å². The lowest BCUT2D eigenvalue weighted by molar-refractivity contribution is -0.115. The van der Waals surface area contributed by atoms with E-state index in [1.165, 1.54) is 24.5 Å². The van der Waals surface area contributed by atoms with Crippen LogP contribution in [0, 0.1) is 0 Å². The van der Waals surface area contributed by atoms with E-state index >= 15 is 0 Å². The van der Waals surface area contributed by atoms with Crippen LogP contribution in [0.15, 0.2) is 44.8 Å². The van der Waals surface area contributed by atoms with Gasteiger partial charge in [-0.15, -0.1) is 11.3 Å². The molecular weight excluding hydrogens is 528 g/mol. The molecule has 0 fully saturated rings. The van der Waals surface area contributed by atoms with Crippen molar-refractivity contribution in [1.82, 2.24) is 9.97 Å². The summed E-state index contributed by atoms with van der Waals surface area (Å²) in [5, 5.41) is 7.47. The third kappa shape index (κ3) is 5.52. The average Bonchev–Trinajstić information content (AvgIpc) is 3.27. The fraction of sp³-hybridized carbons (Fsp3) is 0.111. The Morgan fingerprint density at radius 2 is 2.00 bits per heavy atom.